The smallest absolute Gasteiger partial charge is 0.151 e. The maximum absolute atomic E-state index is 10.0. The molecule has 0 bridgehead atoms. The van der Waals surface area contributed by atoms with Gasteiger partial charge >= 0.3 is 0 Å². The Morgan fingerprint density at radius 1 is 1.28 bits per heavy atom. The molecular weight excluding hydrogens is 350 g/mol. The van der Waals surface area contributed by atoms with Crippen LogP contribution in [-0.4, -0.2) is 22.8 Å². The van der Waals surface area contributed by atoms with E-state index >= 15 is 0 Å². The fraction of sp³-hybridized carbons (Fsp3) is 0.400. The fourth-order valence-corrected chi connectivity index (χ4v) is 5.29. The molecule has 0 aromatic heterocycles. The molecule has 3 rings (SSSR count). The lowest BCUT2D eigenvalue weighted by molar-refractivity contribution is 0.138. The zero-order valence-electron chi connectivity index (χ0n) is 14.6. The number of nitrogens with two attached hydrogens (primary N) is 1. The van der Waals surface area contributed by atoms with Crippen molar-refractivity contribution in [3.63, 3.8) is 0 Å². The number of hydrogen-bond donors (Lipinski definition) is 2. The van der Waals surface area contributed by atoms with Crippen LogP contribution >= 0.6 is 23.5 Å². The highest BCUT2D eigenvalue weighted by atomic mass is 32.2. The minimum absolute atomic E-state index is 0.268. The van der Waals surface area contributed by atoms with Crippen LogP contribution in [0.5, 0.6) is 11.5 Å². The molecule has 0 radical (unpaired) electrons. The predicted octanol–water partition coefficient (Wildman–Crippen LogP) is 4.90. The average molecular weight is 376 g/mol. The van der Waals surface area contributed by atoms with E-state index in [0.717, 1.165) is 34.1 Å². The Hall–Kier alpha value is -1.30. The van der Waals surface area contributed by atoms with Gasteiger partial charge in [-0.1, -0.05) is 31.2 Å². The van der Waals surface area contributed by atoms with Gasteiger partial charge in [-0.05, 0) is 43.0 Å². The molecule has 0 saturated heterocycles. The van der Waals surface area contributed by atoms with Gasteiger partial charge in [0.15, 0.2) is 6.23 Å². The fourth-order valence-electron chi connectivity index (χ4n) is 3.04. The number of fused-ring (bicyclic) bond motifs is 1. The second kappa shape index (κ2) is 8.39. The SMILES string of the molecule is Cc1cccc(O)c1SCC(C)CC1CSc2ccccc2OC1N. The Morgan fingerprint density at radius 2 is 2.08 bits per heavy atom. The van der Waals surface area contributed by atoms with Crippen molar-refractivity contribution in [2.75, 3.05) is 11.5 Å². The molecule has 3 N–H and O–H groups in total. The lowest BCUT2D eigenvalue weighted by Gasteiger charge is -2.24. The van der Waals surface area contributed by atoms with E-state index < -0.39 is 0 Å². The van der Waals surface area contributed by atoms with Crippen LogP contribution in [0.1, 0.15) is 18.9 Å². The molecule has 0 amide bonds. The van der Waals surface area contributed by atoms with E-state index in [-0.39, 0.29) is 6.23 Å². The molecule has 1 heterocycles. The van der Waals surface area contributed by atoms with E-state index in [2.05, 4.69) is 13.0 Å². The van der Waals surface area contributed by atoms with Gasteiger partial charge in [0.05, 0.1) is 4.90 Å². The number of aromatic hydroxyl groups is 1. The number of hydrogen-bond acceptors (Lipinski definition) is 5. The molecule has 25 heavy (non-hydrogen) atoms. The highest BCUT2D eigenvalue weighted by Gasteiger charge is 2.26. The first kappa shape index (κ1) is 18.5. The van der Waals surface area contributed by atoms with Gasteiger partial charge in [-0.15, -0.1) is 23.5 Å². The van der Waals surface area contributed by atoms with E-state index in [4.69, 9.17) is 10.5 Å². The number of aryl methyl sites for hydroxylation is 1. The number of rotatable bonds is 5. The Labute approximate surface area is 158 Å². The molecule has 2 aromatic rings. The quantitative estimate of drug-likeness (QED) is 0.728. The summed E-state index contributed by atoms with van der Waals surface area (Å²) < 4.78 is 5.98. The monoisotopic (exact) mass is 375 g/mol. The summed E-state index contributed by atoms with van der Waals surface area (Å²) in [5.74, 6) is 4.01. The van der Waals surface area contributed by atoms with E-state index in [0.29, 0.717) is 17.6 Å². The highest BCUT2D eigenvalue weighted by Crippen LogP contribution is 2.38. The topological polar surface area (TPSA) is 55.5 Å². The average Bonchev–Trinajstić information content (AvgIpc) is 2.74. The van der Waals surface area contributed by atoms with Gasteiger partial charge in [-0.25, -0.2) is 0 Å². The summed E-state index contributed by atoms with van der Waals surface area (Å²) in [4.78, 5) is 2.16. The molecule has 1 aliphatic rings. The van der Waals surface area contributed by atoms with Crippen molar-refractivity contribution >= 4 is 23.5 Å². The molecule has 2 aromatic carbocycles. The predicted molar refractivity (Wildman–Crippen MR) is 107 cm³/mol. The van der Waals surface area contributed by atoms with Crippen LogP contribution < -0.4 is 10.5 Å². The number of phenolic OH excluding ortho intramolecular Hbond substituents is 1. The van der Waals surface area contributed by atoms with Gasteiger partial charge < -0.3 is 9.84 Å². The van der Waals surface area contributed by atoms with Crippen LogP contribution in [0.3, 0.4) is 0 Å². The first-order valence-corrected chi connectivity index (χ1v) is 10.6. The standard InChI is InChI=1S/C20H25NO2S2/c1-13(11-25-19-14(2)6-5-7-16(19)22)10-15-12-24-18-9-4-3-8-17(18)23-20(15)21/h3-9,13,15,20,22H,10-12,21H2,1-2H3. The molecule has 0 saturated carbocycles. The number of thioether (sulfide) groups is 2. The van der Waals surface area contributed by atoms with Crippen LogP contribution in [0, 0.1) is 18.8 Å². The summed E-state index contributed by atoms with van der Waals surface area (Å²) in [7, 11) is 0. The van der Waals surface area contributed by atoms with Crippen molar-refractivity contribution in [2.45, 2.75) is 36.3 Å². The molecule has 1 aliphatic heterocycles. The molecule has 0 fully saturated rings. The normalized spacial score (nSPS) is 21.1. The number of phenols is 1. The van der Waals surface area contributed by atoms with Crippen molar-refractivity contribution < 1.29 is 9.84 Å². The third kappa shape index (κ3) is 4.66. The minimum Gasteiger partial charge on any atom is -0.507 e. The molecule has 0 spiro atoms. The molecular formula is C20H25NO2S2. The molecule has 3 unspecified atom stereocenters. The Morgan fingerprint density at radius 3 is 2.88 bits per heavy atom. The summed E-state index contributed by atoms with van der Waals surface area (Å²) >= 11 is 3.56. The summed E-state index contributed by atoms with van der Waals surface area (Å²) in [5, 5.41) is 10.0. The maximum Gasteiger partial charge on any atom is 0.151 e. The van der Waals surface area contributed by atoms with Crippen LogP contribution in [0.2, 0.25) is 0 Å². The van der Waals surface area contributed by atoms with E-state index in [9.17, 15) is 5.11 Å². The third-order valence-electron chi connectivity index (χ3n) is 4.44. The Kier molecular flexibility index (Phi) is 6.20. The van der Waals surface area contributed by atoms with Crippen LogP contribution in [-0.2, 0) is 0 Å². The van der Waals surface area contributed by atoms with E-state index in [1.54, 1.807) is 17.8 Å². The zero-order valence-corrected chi connectivity index (χ0v) is 16.3. The molecule has 3 atom stereocenters. The van der Waals surface area contributed by atoms with Gasteiger partial charge in [0.2, 0.25) is 0 Å². The van der Waals surface area contributed by atoms with Gasteiger partial charge in [-0.3, -0.25) is 5.73 Å². The van der Waals surface area contributed by atoms with Gasteiger partial charge in [-0.2, -0.15) is 0 Å². The van der Waals surface area contributed by atoms with E-state index in [1.807, 2.05) is 49.0 Å². The van der Waals surface area contributed by atoms with Gasteiger partial charge in [0.25, 0.3) is 0 Å². The van der Waals surface area contributed by atoms with Crippen molar-refractivity contribution in [3.05, 3.63) is 48.0 Å². The number of para-hydroxylation sites is 1. The first-order valence-electron chi connectivity index (χ1n) is 8.60. The highest BCUT2D eigenvalue weighted by molar-refractivity contribution is 7.99. The molecule has 3 nitrogen and oxygen atoms in total. The van der Waals surface area contributed by atoms with Crippen LogP contribution in [0.4, 0.5) is 0 Å². The second-order valence-corrected chi connectivity index (χ2v) is 8.77. The van der Waals surface area contributed by atoms with Gasteiger partial charge in [0, 0.05) is 22.3 Å². The zero-order chi connectivity index (χ0) is 17.8. The summed E-state index contributed by atoms with van der Waals surface area (Å²) in [6, 6.07) is 13.8. The molecule has 0 aliphatic carbocycles. The van der Waals surface area contributed by atoms with Crippen molar-refractivity contribution in [1.29, 1.82) is 0 Å². The third-order valence-corrected chi connectivity index (χ3v) is 7.24. The van der Waals surface area contributed by atoms with E-state index in [1.165, 1.54) is 4.90 Å². The Bertz CT molecular complexity index is 702. The lowest BCUT2D eigenvalue weighted by atomic mass is 9.97. The van der Waals surface area contributed by atoms with Crippen LogP contribution in [0.25, 0.3) is 0 Å². The largest absolute Gasteiger partial charge is 0.507 e. The number of benzene rings is 2. The summed E-state index contributed by atoms with van der Waals surface area (Å²) in [6.07, 6.45) is 0.748. The van der Waals surface area contributed by atoms with Crippen molar-refractivity contribution in [1.82, 2.24) is 0 Å². The summed E-state index contributed by atoms with van der Waals surface area (Å²) in [5.41, 5.74) is 7.44. The minimum atomic E-state index is -0.268. The molecule has 5 heteroatoms. The maximum atomic E-state index is 10.0. The summed E-state index contributed by atoms with van der Waals surface area (Å²) in [6.45, 7) is 4.29. The number of ether oxygens (including phenoxy) is 1. The molecule has 134 valence electrons. The van der Waals surface area contributed by atoms with Crippen LogP contribution in [0.15, 0.2) is 52.3 Å². The first-order chi connectivity index (χ1) is 12.0. The second-order valence-electron chi connectivity index (χ2n) is 6.68. The lowest BCUT2D eigenvalue weighted by Crippen LogP contribution is -2.37. The van der Waals surface area contributed by atoms with Crippen molar-refractivity contribution in [2.24, 2.45) is 17.6 Å². The van der Waals surface area contributed by atoms with Gasteiger partial charge in [0.1, 0.15) is 11.5 Å². The Balaban J connectivity index is 1.57. The van der Waals surface area contributed by atoms with Crippen molar-refractivity contribution in [3.8, 4) is 11.5 Å².